The van der Waals surface area contributed by atoms with E-state index in [2.05, 4.69) is 0 Å². The fraction of sp³-hybridized carbons (Fsp3) is 0.429. The number of rotatable bonds is 6. The van der Waals surface area contributed by atoms with Crippen LogP contribution in [0.4, 0.5) is 0 Å². The van der Waals surface area contributed by atoms with E-state index in [1.165, 1.54) is 7.11 Å². The maximum atomic E-state index is 10.4. The number of hydrogen-bond acceptors (Lipinski definition) is 6. The molecule has 3 N–H and O–H groups in total. The van der Waals surface area contributed by atoms with Crippen molar-refractivity contribution in [3.8, 4) is 5.75 Å². The lowest BCUT2D eigenvalue weighted by atomic mass is 9.92. The van der Waals surface area contributed by atoms with Crippen molar-refractivity contribution in [2.24, 2.45) is 0 Å². The molecular formula is C21H25ClO6. The molecule has 1 saturated heterocycles. The first-order valence-corrected chi connectivity index (χ1v) is 9.55. The zero-order chi connectivity index (χ0) is 20.3. The van der Waals surface area contributed by atoms with E-state index < -0.39 is 30.7 Å². The maximum absolute atomic E-state index is 10.4. The Morgan fingerprint density at radius 2 is 1.71 bits per heavy atom. The highest BCUT2D eigenvalue weighted by Gasteiger charge is 2.44. The van der Waals surface area contributed by atoms with Crippen molar-refractivity contribution >= 4 is 11.6 Å². The maximum Gasteiger partial charge on any atom is 0.186 e. The third-order valence-electron chi connectivity index (χ3n) is 4.83. The van der Waals surface area contributed by atoms with Gasteiger partial charge in [-0.15, -0.1) is 0 Å². The first kappa shape index (κ1) is 21.0. The molecule has 2 aromatic carbocycles. The van der Waals surface area contributed by atoms with Crippen LogP contribution in [0.5, 0.6) is 5.75 Å². The van der Waals surface area contributed by atoms with Crippen LogP contribution in [0.15, 0.2) is 42.5 Å². The first-order chi connectivity index (χ1) is 13.4. The van der Waals surface area contributed by atoms with Gasteiger partial charge in [-0.05, 0) is 48.2 Å². The van der Waals surface area contributed by atoms with Gasteiger partial charge in [-0.1, -0.05) is 35.9 Å². The van der Waals surface area contributed by atoms with Gasteiger partial charge in [-0.2, -0.15) is 0 Å². The fourth-order valence-electron chi connectivity index (χ4n) is 3.32. The molecule has 5 atom stereocenters. The molecule has 0 spiro atoms. The van der Waals surface area contributed by atoms with Crippen LogP contribution in [0, 0.1) is 0 Å². The van der Waals surface area contributed by atoms with Crippen LogP contribution in [-0.2, 0) is 15.9 Å². The molecule has 152 valence electrons. The molecule has 0 aromatic heterocycles. The Labute approximate surface area is 169 Å². The lowest BCUT2D eigenvalue weighted by molar-refractivity contribution is -0.292. The van der Waals surface area contributed by atoms with Crippen molar-refractivity contribution in [1.82, 2.24) is 0 Å². The Bertz CT molecular complexity index is 779. The molecule has 0 aliphatic carbocycles. The molecule has 28 heavy (non-hydrogen) atoms. The van der Waals surface area contributed by atoms with Gasteiger partial charge in [-0.25, -0.2) is 0 Å². The standard InChI is InChI=1S/C21H25ClO6/c1-3-27-15-7-4-12(5-8-15)10-14-11-13(6-9-16(14)22)20-18(24)17(23)19(25)21(26-2)28-20/h4-9,11,17-21,23-25H,3,10H2,1-2H3/t17-,18-,19-,20-,21-/m1/s1. The summed E-state index contributed by atoms with van der Waals surface area (Å²) in [6.45, 7) is 2.55. The van der Waals surface area contributed by atoms with E-state index in [0.29, 0.717) is 23.6 Å². The molecule has 0 unspecified atom stereocenters. The lowest BCUT2D eigenvalue weighted by Gasteiger charge is -2.40. The summed E-state index contributed by atoms with van der Waals surface area (Å²) >= 11 is 6.37. The number of aliphatic hydroxyl groups is 3. The number of aliphatic hydroxyl groups excluding tert-OH is 3. The normalized spacial score (nSPS) is 27.6. The van der Waals surface area contributed by atoms with Crippen LogP contribution in [0.3, 0.4) is 0 Å². The number of benzene rings is 2. The Balaban J connectivity index is 1.82. The zero-order valence-corrected chi connectivity index (χ0v) is 16.5. The van der Waals surface area contributed by atoms with Crippen LogP contribution in [0.25, 0.3) is 0 Å². The quantitative estimate of drug-likeness (QED) is 0.680. The molecule has 0 amide bonds. The third kappa shape index (κ3) is 4.49. The van der Waals surface area contributed by atoms with Crippen molar-refractivity contribution < 1.29 is 29.5 Å². The Hall–Kier alpha value is -1.67. The van der Waals surface area contributed by atoms with E-state index in [1.54, 1.807) is 12.1 Å². The number of hydrogen-bond donors (Lipinski definition) is 3. The van der Waals surface area contributed by atoms with Crippen molar-refractivity contribution in [3.63, 3.8) is 0 Å². The van der Waals surface area contributed by atoms with Gasteiger partial charge in [0.15, 0.2) is 6.29 Å². The third-order valence-corrected chi connectivity index (χ3v) is 5.20. The van der Waals surface area contributed by atoms with Gasteiger partial charge in [0.25, 0.3) is 0 Å². The minimum atomic E-state index is -1.38. The van der Waals surface area contributed by atoms with E-state index >= 15 is 0 Å². The Kier molecular flexibility index (Phi) is 6.93. The number of halogens is 1. The minimum Gasteiger partial charge on any atom is -0.494 e. The van der Waals surface area contributed by atoms with Crippen molar-refractivity contribution in [3.05, 3.63) is 64.2 Å². The molecule has 3 rings (SSSR count). The van der Waals surface area contributed by atoms with Crippen LogP contribution < -0.4 is 4.74 Å². The van der Waals surface area contributed by atoms with Crippen LogP contribution in [0.1, 0.15) is 29.7 Å². The van der Waals surface area contributed by atoms with E-state index in [9.17, 15) is 15.3 Å². The van der Waals surface area contributed by atoms with Gasteiger partial charge in [-0.3, -0.25) is 0 Å². The van der Waals surface area contributed by atoms with E-state index in [0.717, 1.165) is 16.9 Å². The predicted octanol–water partition coefficient (Wildman–Crippen LogP) is 2.46. The van der Waals surface area contributed by atoms with Crippen molar-refractivity contribution in [1.29, 1.82) is 0 Å². The minimum absolute atomic E-state index is 0.584. The molecule has 6 nitrogen and oxygen atoms in total. The van der Waals surface area contributed by atoms with Gasteiger partial charge in [0.2, 0.25) is 0 Å². The molecule has 7 heteroatoms. The van der Waals surface area contributed by atoms with Crippen LogP contribution in [0.2, 0.25) is 5.02 Å². The second kappa shape index (κ2) is 9.22. The first-order valence-electron chi connectivity index (χ1n) is 9.17. The van der Waals surface area contributed by atoms with Gasteiger partial charge >= 0.3 is 0 Å². The van der Waals surface area contributed by atoms with E-state index in [-0.39, 0.29) is 0 Å². The average molecular weight is 409 g/mol. The molecule has 1 heterocycles. The largest absolute Gasteiger partial charge is 0.494 e. The fourth-order valence-corrected chi connectivity index (χ4v) is 3.50. The molecule has 1 aliphatic heterocycles. The summed E-state index contributed by atoms with van der Waals surface area (Å²) in [5, 5.41) is 31.0. The second-order valence-corrected chi connectivity index (χ2v) is 7.14. The number of ether oxygens (including phenoxy) is 3. The average Bonchev–Trinajstić information content (AvgIpc) is 2.70. The predicted molar refractivity (Wildman–Crippen MR) is 105 cm³/mol. The molecular weight excluding hydrogens is 384 g/mol. The molecule has 1 aliphatic rings. The zero-order valence-electron chi connectivity index (χ0n) is 15.8. The monoisotopic (exact) mass is 408 g/mol. The second-order valence-electron chi connectivity index (χ2n) is 6.74. The summed E-state index contributed by atoms with van der Waals surface area (Å²) in [6, 6.07) is 13.1. The van der Waals surface area contributed by atoms with E-state index in [1.807, 2.05) is 37.3 Å². The van der Waals surface area contributed by atoms with Crippen molar-refractivity contribution in [2.45, 2.75) is 44.1 Å². The molecule has 0 saturated carbocycles. The molecule has 2 aromatic rings. The molecule has 0 bridgehead atoms. The summed E-state index contributed by atoms with van der Waals surface area (Å²) in [7, 11) is 1.37. The van der Waals surface area contributed by atoms with Gasteiger partial charge in [0.1, 0.15) is 30.2 Å². The lowest BCUT2D eigenvalue weighted by Crippen LogP contribution is -2.54. The summed E-state index contributed by atoms with van der Waals surface area (Å²) in [4.78, 5) is 0. The summed E-state index contributed by atoms with van der Waals surface area (Å²) < 4.78 is 16.2. The summed E-state index contributed by atoms with van der Waals surface area (Å²) in [5.41, 5.74) is 2.55. The highest BCUT2D eigenvalue weighted by Crippen LogP contribution is 2.34. The smallest absolute Gasteiger partial charge is 0.186 e. The van der Waals surface area contributed by atoms with Gasteiger partial charge in [0, 0.05) is 12.1 Å². The van der Waals surface area contributed by atoms with Gasteiger partial charge in [0.05, 0.1) is 6.61 Å². The van der Waals surface area contributed by atoms with Gasteiger partial charge < -0.3 is 29.5 Å². The SMILES string of the molecule is CCOc1ccc(Cc2cc([C@H]3O[C@@H](OC)[C@H](O)[C@H](O)[C@H]3O)ccc2Cl)cc1. The highest BCUT2D eigenvalue weighted by molar-refractivity contribution is 6.31. The Morgan fingerprint density at radius 1 is 1.00 bits per heavy atom. The van der Waals surface area contributed by atoms with Crippen LogP contribution in [-0.4, -0.2) is 53.6 Å². The summed E-state index contributed by atoms with van der Waals surface area (Å²) in [5.74, 6) is 0.808. The molecule has 0 radical (unpaired) electrons. The van der Waals surface area contributed by atoms with Crippen molar-refractivity contribution in [2.75, 3.05) is 13.7 Å². The Morgan fingerprint density at radius 3 is 2.36 bits per heavy atom. The number of methoxy groups -OCH3 is 1. The topological polar surface area (TPSA) is 88.4 Å². The highest BCUT2D eigenvalue weighted by atomic mass is 35.5. The summed E-state index contributed by atoms with van der Waals surface area (Å²) in [6.07, 6.45) is -5.30. The van der Waals surface area contributed by atoms with Crippen LogP contribution >= 0.6 is 11.6 Å². The van der Waals surface area contributed by atoms with E-state index in [4.69, 9.17) is 25.8 Å². The molecule has 1 fully saturated rings.